The number of benzene rings is 3. The van der Waals surface area contributed by atoms with Crippen molar-refractivity contribution in [2.45, 2.75) is 20.3 Å². The maximum atomic E-state index is 12.6. The van der Waals surface area contributed by atoms with E-state index in [1.54, 1.807) is 4.68 Å². The zero-order chi connectivity index (χ0) is 21.6. The van der Waals surface area contributed by atoms with Gasteiger partial charge in [0.2, 0.25) is 5.91 Å². The number of rotatable bonds is 7. The third kappa shape index (κ3) is 4.95. The van der Waals surface area contributed by atoms with E-state index in [1.807, 2.05) is 74.5 Å². The smallest absolute Gasteiger partial charge is 0.243 e. The van der Waals surface area contributed by atoms with Crippen molar-refractivity contribution in [1.29, 1.82) is 0 Å². The summed E-state index contributed by atoms with van der Waals surface area (Å²) in [5, 5.41) is 17.9. The molecule has 0 aliphatic carbocycles. The predicted octanol–water partition coefficient (Wildman–Crippen LogP) is 3.92. The molecular weight excluding hydrogens is 388 g/mol. The van der Waals surface area contributed by atoms with Crippen molar-refractivity contribution in [3.8, 4) is 5.69 Å². The number of para-hydroxylation sites is 1. The number of hydrogen-bond donors (Lipinski definition) is 2. The molecule has 156 valence electrons. The molecule has 0 aliphatic rings. The Morgan fingerprint density at radius 1 is 0.968 bits per heavy atom. The predicted molar refractivity (Wildman–Crippen MR) is 121 cm³/mol. The zero-order valence-corrected chi connectivity index (χ0v) is 17.5. The first-order chi connectivity index (χ1) is 15.1. The Kier molecular flexibility index (Phi) is 6.03. The van der Waals surface area contributed by atoms with Crippen molar-refractivity contribution in [1.82, 2.24) is 20.2 Å². The SMILES string of the molecule is Cc1ccc(NCC(=O)Nc2ccccc2Cc2ccccc2)cc1-n1nnnc1C. The van der Waals surface area contributed by atoms with E-state index in [0.29, 0.717) is 5.82 Å². The number of amides is 1. The second kappa shape index (κ2) is 9.21. The Morgan fingerprint density at radius 3 is 2.52 bits per heavy atom. The van der Waals surface area contributed by atoms with E-state index in [1.165, 1.54) is 5.56 Å². The number of tetrazole rings is 1. The van der Waals surface area contributed by atoms with Crippen LogP contribution in [0.5, 0.6) is 0 Å². The van der Waals surface area contributed by atoms with Crippen LogP contribution in [0.3, 0.4) is 0 Å². The number of carbonyl (C=O) groups excluding carboxylic acids is 1. The molecule has 2 N–H and O–H groups in total. The normalized spacial score (nSPS) is 10.6. The Bertz CT molecular complexity index is 1190. The number of hydrogen-bond acceptors (Lipinski definition) is 5. The number of carbonyl (C=O) groups is 1. The molecule has 0 atom stereocenters. The molecule has 0 unspecified atom stereocenters. The minimum absolute atomic E-state index is 0.110. The molecule has 4 rings (SSSR count). The van der Waals surface area contributed by atoms with Crippen LogP contribution in [0.15, 0.2) is 72.8 Å². The van der Waals surface area contributed by atoms with Gasteiger partial charge in [0.15, 0.2) is 5.82 Å². The molecule has 0 saturated carbocycles. The van der Waals surface area contributed by atoms with Gasteiger partial charge in [0.25, 0.3) is 0 Å². The van der Waals surface area contributed by atoms with Crippen LogP contribution in [0, 0.1) is 13.8 Å². The fourth-order valence-electron chi connectivity index (χ4n) is 3.39. The quantitative estimate of drug-likeness (QED) is 0.481. The Morgan fingerprint density at radius 2 is 1.74 bits per heavy atom. The minimum atomic E-state index is -0.110. The Hall–Kier alpha value is -4.00. The lowest BCUT2D eigenvalue weighted by Gasteiger charge is -2.13. The third-order valence-corrected chi connectivity index (χ3v) is 5.04. The van der Waals surface area contributed by atoms with Crippen LogP contribution in [0.4, 0.5) is 11.4 Å². The van der Waals surface area contributed by atoms with Gasteiger partial charge in [0.1, 0.15) is 0 Å². The van der Waals surface area contributed by atoms with Gasteiger partial charge in [-0.05, 0) is 65.6 Å². The van der Waals surface area contributed by atoms with E-state index in [0.717, 1.165) is 34.6 Å². The second-order valence-corrected chi connectivity index (χ2v) is 7.36. The summed E-state index contributed by atoms with van der Waals surface area (Å²) in [6, 6.07) is 24.0. The molecule has 7 heteroatoms. The van der Waals surface area contributed by atoms with E-state index < -0.39 is 0 Å². The molecule has 1 heterocycles. The fourth-order valence-corrected chi connectivity index (χ4v) is 3.39. The summed E-state index contributed by atoms with van der Waals surface area (Å²) in [6.07, 6.45) is 0.761. The van der Waals surface area contributed by atoms with Crippen molar-refractivity contribution >= 4 is 17.3 Å². The third-order valence-electron chi connectivity index (χ3n) is 5.04. The summed E-state index contributed by atoms with van der Waals surface area (Å²) in [7, 11) is 0. The highest BCUT2D eigenvalue weighted by molar-refractivity contribution is 5.94. The molecule has 4 aromatic rings. The number of nitrogens with one attached hydrogen (secondary N) is 2. The van der Waals surface area contributed by atoms with Crippen molar-refractivity contribution in [2.24, 2.45) is 0 Å². The van der Waals surface area contributed by atoms with Crippen LogP contribution >= 0.6 is 0 Å². The molecule has 31 heavy (non-hydrogen) atoms. The van der Waals surface area contributed by atoms with Gasteiger partial charge in [-0.25, -0.2) is 0 Å². The van der Waals surface area contributed by atoms with E-state index in [2.05, 4.69) is 38.3 Å². The van der Waals surface area contributed by atoms with Gasteiger partial charge >= 0.3 is 0 Å². The molecule has 0 radical (unpaired) electrons. The summed E-state index contributed by atoms with van der Waals surface area (Å²) in [5.74, 6) is 0.592. The van der Waals surface area contributed by atoms with Gasteiger partial charge in [-0.1, -0.05) is 54.6 Å². The molecule has 1 amide bonds. The number of nitrogens with zero attached hydrogens (tertiary/aromatic N) is 4. The van der Waals surface area contributed by atoms with Crippen LogP contribution in [0.1, 0.15) is 22.5 Å². The van der Waals surface area contributed by atoms with E-state index >= 15 is 0 Å². The summed E-state index contributed by atoms with van der Waals surface area (Å²) in [6.45, 7) is 3.99. The molecular formula is C24H24N6O. The van der Waals surface area contributed by atoms with Crippen LogP contribution in [-0.4, -0.2) is 32.7 Å². The Labute approximate surface area is 181 Å². The molecule has 0 aliphatic heterocycles. The lowest BCUT2D eigenvalue weighted by atomic mass is 10.0. The molecule has 3 aromatic carbocycles. The van der Waals surface area contributed by atoms with Gasteiger partial charge in [0.05, 0.1) is 12.2 Å². The number of aromatic nitrogens is 4. The van der Waals surface area contributed by atoms with Crippen molar-refractivity contribution in [3.05, 3.63) is 95.3 Å². The monoisotopic (exact) mass is 412 g/mol. The first kappa shape index (κ1) is 20.3. The fraction of sp³-hybridized carbons (Fsp3) is 0.167. The molecule has 7 nitrogen and oxygen atoms in total. The standard InChI is InChI=1S/C24H24N6O/c1-17-12-13-21(15-23(17)30-18(2)27-28-29-30)25-16-24(31)26-22-11-7-6-10-20(22)14-19-8-4-3-5-9-19/h3-13,15,25H,14,16H2,1-2H3,(H,26,31). The van der Waals surface area contributed by atoms with Crippen LogP contribution < -0.4 is 10.6 Å². The number of aryl methyl sites for hydroxylation is 2. The lowest BCUT2D eigenvalue weighted by molar-refractivity contribution is -0.114. The van der Waals surface area contributed by atoms with E-state index in [9.17, 15) is 4.79 Å². The van der Waals surface area contributed by atoms with E-state index in [4.69, 9.17) is 0 Å². The van der Waals surface area contributed by atoms with Gasteiger partial charge in [-0.3, -0.25) is 4.79 Å². The van der Waals surface area contributed by atoms with Crippen molar-refractivity contribution in [2.75, 3.05) is 17.2 Å². The minimum Gasteiger partial charge on any atom is -0.376 e. The summed E-state index contributed by atoms with van der Waals surface area (Å²) in [4.78, 5) is 12.6. The molecule has 0 fully saturated rings. The number of anilines is 2. The lowest BCUT2D eigenvalue weighted by Crippen LogP contribution is -2.22. The topological polar surface area (TPSA) is 84.7 Å². The molecule has 1 aromatic heterocycles. The molecule has 0 saturated heterocycles. The van der Waals surface area contributed by atoms with E-state index in [-0.39, 0.29) is 12.5 Å². The average molecular weight is 412 g/mol. The maximum absolute atomic E-state index is 12.6. The van der Waals surface area contributed by atoms with Gasteiger partial charge in [-0.2, -0.15) is 4.68 Å². The highest BCUT2D eigenvalue weighted by atomic mass is 16.1. The highest BCUT2D eigenvalue weighted by Crippen LogP contribution is 2.21. The first-order valence-corrected chi connectivity index (χ1v) is 10.1. The summed E-state index contributed by atoms with van der Waals surface area (Å²) in [5.41, 5.74) is 5.85. The highest BCUT2D eigenvalue weighted by Gasteiger charge is 2.10. The maximum Gasteiger partial charge on any atom is 0.243 e. The van der Waals surface area contributed by atoms with Gasteiger partial charge in [0, 0.05) is 11.4 Å². The zero-order valence-electron chi connectivity index (χ0n) is 17.5. The molecule has 0 bridgehead atoms. The average Bonchev–Trinajstić information content (AvgIpc) is 3.21. The summed E-state index contributed by atoms with van der Waals surface area (Å²) < 4.78 is 1.68. The van der Waals surface area contributed by atoms with Gasteiger partial charge < -0.3 is 10.6 Å². The van der Waals surface area contributed by atoms with Crippen LogP contribution in [0.2, 0.25) is 0 Å². The van der Waals surface area contributed by atoms with Crippen LogP contribution in [0.25, 0.3) is 5.69 Å². The summed E-state index contributed by atoms with van der Waals surface area (Å²) >= 11 is 0. The first-order valence-electron chi connectivity index (χ1n) is 10.1. The largest absolute Gasteiger partial charge is 0.376 e. The van der Waals surface area contributed by atoms with Crippen molar-refractivity contribution in [3.63, 3.8) is 0 Å². The Balaban J connectivity index is 1.42. The second-order valence-electron chi connectivity index (χ2n) is 7.36. The van der Waals surface area contributed by atoms with Crippen LogP contribution in [-0.2, 0) is 11.2 Å². The molecule has 0 spiro atoms. The van der Waals surface area contributed by atoms with Gasteiger partial charge in [-0.15, -0.1) is 5.10 Å². The van der Waals surface area contributed by atoms with Crippen molar-refractivity contribution < 1.29 is 4.79 Å².